The van der Waals surface area contributed by atoms with Crippen LogP contribution in [0.5, 0.6) is 11.5 Å². The fourth-order valence-electron chi connectivity index (χ4n) is 3.23. The molecule has 7 nitrogen and oxygen atoms in total. The van der Waals surface area contributed by atoms with Crippen molar-refractivity contribution >= 4 is 11.7 Å². The zero-order valence-corrected chi connectivity index (χ0v) is 17.5. The van der Waals surface area contributed by atoms with E-state index in [0.29, 0.717) is 17.7 Å². The minimum absolute atomic E-state index is 0.180. The van der Waals surface area contributed by atoms with Gasteiger partial charge in [-0.2, -0.15) is 0 Å². The number of ether oxygens (including phenoxy) is 3. The number of nitro groups is 1. The van der Waals surface area contributed by atoms with Gasteiger partial charge in [-0.3, -0.25) is 10.1 Å². The first kappa shape index (κ1) is 22.2. The van der Waals surface area contributed by atoms with Crippen LogP contribution in [0, 0.1) is 17.0 Å². The van der Waals surface area contributed by atoms with Crippen molar-refractivity contribution in [1.29, 1.82) is 0 Å². The number of nitro benzene ring substituents is 1. The molecule has 156 valence electrons. The molecular formula is C22H27NO6. The number of methoxy groups -OCH3 is 2. The van der Waals surface area contributed by atoms with E-state index in [4.69, 9.17) is 14.2 Å². The Balaban J connectivity index is 2.46. The summed E-state index contributed by atoms with van der Waals surface area (Å²) < 4.78 is 16.2. The quantitative estimate of drug-likeness (QED) is 0.327. The van der Waals surface area contributed by atoms with E-state index >= 15 is 0 Å². The van der Waals surface area contributed by atoms with Crippen molar-refractivity contribution < 1.29 is 23.9 Å². The Bertz CT molecular complexity index is 893. The molecule has 0 aliphatic rings. The third-order valence-corrected chi connectivity index (χ3v) is 4.70. The Morgan fingerprint density at radius 2 is 1.76 bits per heavy atom. The smallest absolute Gasteiger partial charge is 0.339 e. The minimum Gasteiger partial charge on any atom is -0.493 e. The number of carbonyl (C=O) groups excluding carboxylic acids is 1. The van der Waals surface area contributed by atoms with Crippen molar-refractivity contribution in [1.82, 2.24) is 0 Å². The van der Waals surface area contributed by atoms with E-state index < -0.39 is 17.0 Å². The predicted octanol–water partition coefficient (Wildman–Crippen LogP) is 5.18. The van der Waals surface area contributed by atoms with Crippen LogP contribution in [0.3, 0.4) is 0 Å². The second kappa shape index (κ2) is 9.91. The fraction of sp³-hybridized carbons (Fsp3) is 0.409. The maximum atomic E-state index is 12.9. The topological polar surface area (TPSA) is 87.9 Å². The summed E-state index contributed by atoms with van der Waals surface area (Å²) >= 11 is 0. The summed E-state index contributed by atoms with van der Waals surface area (Å²) in [5.74, 6) is 0.0888. The van der Waals surface area contributed by atoms with Crippen LogP contribution < -0.4 is 9.47 Å². The maximum absolute atomic E-state index is 12.9. The van der Waals surface area contributed by atoms with Gasteiger partial charge < -0.3 is 14.2 Å². The van der Waals surface area contributed by atoms with Crippen LogP contribution in [-0.4, -0.2) is 25.1 Å². The van der Waals surface area contributed by atoms with Gasteiger partial charge in [0.05, 0.1) is 36.3 Å². The van der Waals surface area contributed by atoms with Crippen molar-refractivity contribution in [2.45, 2.75) is 46.1 Å². The van der Waals surface area contributed by atoms with Gasteiger partial charge in [0.2, 0.25) is 0 Å². The molecule has 2 aromatic rings. The van der Waals surface area contributed by atoms with E-state index in [1.165, 1.54) is 26.4 Å². The molecule has 0 bridgehead atoms. The molecular weight excluding hydrogens is 374 g/mol. The van der Waals surface area contributed by atoms with Gasteiger partial charge in [-0.15, -0.1) is 0 Å². The van der Waals surface area contributed by atoms with E-state index in [0.717, 1.165) is 24.0 Å². The van der Waals surface area contributed by atoms with Gasteiger partial charge in [-0.25, -0.2) is 4.79 Å². The Morgan fingerprint density at radius 3 is 2.31 bits per heavy atom. The Morgan fingerprint density at radius 1 is 1.10 bits per heavy atom. The molecule has 0 saturated heterocycles. The molecule has 0 aliphatic carbocycles. The number of benzene rings is 2. The first-order valence-electron chi connectivity index (χ1n) is 9.56. The molecule has 0 aliphatic heterocycles. The fourth-order valence-corrected chi connectivity index (χ4v) is 3.23. The second-order valence-corrected chi connectivity index (χ2v) is 6.74. The number of nitrogens with zero attached hydrogens (tertiary/aromatic N) is 1. The van der Waals surface area contributed by atoms with Crippen molar-refractivity contribution in [3.05, 3.63) is 62.7 Å². The van der Waals surface area contributed by atoms with Gasteiger partial charge in [0.15, 0.2) is 11.5 Å². The first-order valence-corrected chi connectivity index (χ1v) is 9.56. The average Bonchev–Trinajstić information content (AvgIpc) is 2.72. The molecule has 0 radical (unpaired) electrons. The molecule has 2 rings (SSSR count). The van der Waals surface area contributed by atoms with E-state index in [1.54, 1.807) is 6.07 Å². The number of carbonyl (C=O) groups is 1. The Hall–Kier alpha value is -3.09. The highest BCUT2D eigenvalue weighted by molar-refractivity contribution is 5.91. The van der Waals surface area contributed by atoms with Gasteiger partial charge in [0.1, 0.15) is 6.10 Å². The molecule has 0 aromatic heterocycles. The number of hydrogen-bond acceptors (Lipinski definition) is 6. The van der Waals surface area contributed by atoms with Crippen LogP contribution in [0.15, 0.2) is 30.3 Å². The molecule has 1 atom stereocenters. The molecule has 0 heterocycles. The predicted molar refractivity (Wildman–Crippen MR) is 110 cm³/mol. The number of aryl methyl sites for hydroxylation is 2. The minimum atomic E-state index is -0.794. The molecule has 7 heteroatoms. The molecule has 0 spiro atoms. The van der Waals surface area contributed by atoms with E-state index in [1.807, 2.05) is 32.9 Å². The third-order valence-electron chi connectivity index (χ3n) is 4.70. The summed E-state index contributed by atoms with van der Waals surface area (Å²) in [6.45, 7) is 5.75. The zero-order chi connectivity index (χ0) is 21.6. The zero-order valence-electron chi connectivity index (χ0n) is 17.5. The van der Waals surface area contributed by atoms with Gasteiger partial charge in [0.25, 0.3) is 5.69 Å². The lowest BCUT2D eigenvalue weighted by Gasteiger charge is -2.19. The molecule has 29 heavy (non-hydrogen) atoms. The van der Waals surface area contributed by atoms with E-state index in [2.05, 4.69) is 0 Å². The van der Waals surface area contributed by atoms with Crippen molar-refractivity contribution in [3.63, 3.8) is 0 Å². The monoisotopic (exact) mass is 401 g/mol. The highest BCUT2D eigenvalue weighted by Crippen LogP contribution is 2.39. The SMILES string of the molecule is CCCc1ccc(C)cc1C(=O)OC(CC)c1cc(OC)c(OC)cc1[N+](=O)[O-]. The maximum Gasteiger partial charge on any atom is 0.339 e. The Labute approximate surface area is 170 Å². The number of hydrogen-bond donors (Lipinski definition) is 0. The van der Waals surface area contributed by atoms with Crippen molar-refractivity contribution in [2.75, 3.05) is 14.2 Å². The van der Waals surface area contributed by atoms with Gasteiger partial charge >= 0.3 is 5.97 Å². The molecule has 0 saturated carbocycles. The highest BCUT2D eigenvalue weighted by Gasteiger charge is 2.28. The first-order chi connectivity index (χ1) is 13.9. The number of esters is 1. The summed E-state index contributed by atoms with van der Waals surface area (Å²) in [6, 6.07) is 8.47. The number of rotatable bonds is 9. The lowest BCUT2D eigenvalue weighted by atomic mass is 10.00. The molecule has 2 aromatic carbocycles. The van der Waals surface area contributed by atoms with Gasteiger partial charge in [-0.1, -0.05) is 38.0 Å². The lowest BCUT2D eigenvalue weighted by molar-refractivity contribution is -0.386. The molecule has 1 unspecified atom stereocenters. The normalized spacial score (nSPS) is 11.6. The second-order valence-electron chi connectivity index (χ2n) is 6.74. The van der Waals surface area contributed by atoms with Gasteiger partial charge in [-0.05, 0) is 37.5 Å². The molecule has 0 fully saturated rings. The van der Waals surface area contributed by atoms with E-state index in [-0.39, 0.29) is 17.0 Å². The average molecular weight is 401 g/mol. The van der Waals surface area contributed by atoms with Crippen molar-refractivity contribution in [2.24, 2.45) is 0 Å². The highest BCUT2D eigenvalue weighted by atomic mass is 16.6. The van der Waals surface area contributed by atoms with Crippen LogP contribution in [0.4, 0.5) is 5.69 Å². The lowest BCUT2D eigenvalue weighted by Crippen LogP contribution is -2.15. The summed E-state index contributed by atoms with van der Waals surface area (Å²) in [5, 5.41) is 11.6. The third kappa shape index (κ3) is 5.04. The van der Waals surface area contributed by atoms with E-state index in [9.17, 15) is 14.9 Å². The Kier molecular flexibility index (Phi) is 7.59. The van der Waals surface area contributed by atoms with Crippen LogP contribution in [0.1, 0.15) is 59.8 Å². The van der Waals surface area contributed by atoms with Crippen LogP contribution >= 0.6 is 0 Å². The van der Waals surface area contributed by atoms with Gasteiger partial charge in [0, 0.05) is 0 Å². The van der Waals surface area contributed by atoms with Crippen LogP contribution in [-0.2, 0) is 11.2 Å². The summed E-state index contributed by atoms with van der Waals surface area (Å²) in [6.07, 6.45) is 1.22. The standard InChI is InChI=1S/C22H27NO6/c1-6-8-15-10-9-14(3)11-16(15)22(24)29-19(7-2)17-12-20(27-4)21(28-5)13-18(17)23(25)26/h9-13,19H,6-8H2,1-5H3. The van der Waals surface area contributed by atoms with Crippen LogP contribution in [0.25, 0.3) is 0 Å². The van der Waals surface area contributed by atoms with Crippen molar-refractivity contribution in [3.8, 4) is 11.5 Å². The summed E-state index contributed by atoms with van der Waals surface area (Å²) in [7, 11) is 2.86. The molecule has 0 amide bonds. The summed E-state index contributed by atoms with van der Waals surface area (Å²) in [5.41, 5.74) is 2.43. The largest absolute Gasteiger partial charge is 0.493 e. The van der Waals surface area contributed by atoms with Crippen LogP contribution in [0.2, 0.25) is 0 Å². The summed E-state index contributed by atoms with van der Waals surface area (Å²) in [4.78, 5) is 24.1. The molecule has 0 N–H and O–H groups in total.